The summed E-state index contributed by atoms with van der Waals surface area (Å²) in [6.07, 6.45) is 1.26. The molecule has 1 heterocycles. The summed E-state index contributed by atoms with van der Waals surface area (Å²) in [6, 6.07) is 0.0739. The molecule has 1 aromatic heterocycles. The average molecular weight is 517 g/mol. The van der Waals surface area contributed by atoms with Crippen molar-refractivity contribution in [3.63, 3.8) is 0 Å². The summed E-state index contributed by atoms with van der Waals surface area (Å²) < 4.78 is 58.8. The number of carbonyl (C=O) groups excluding carboxylic acids is 1. The zero-order chi connectivity index (χ0) is 20.9. The molecule has 1 amide bonds. The summed E-state index contributed by atoms with van der Waals surface area (Å²) in [4.78, 5) is 12.1. The molecule has 2 aliphatic rings. The Morgan fingerprint density at radius 1 is 1.39 bits per heavy atom. The van der Waals surface area contributed by atoms with Gasteiger partial charge in [0.05, 0.1) is 21.1 Å². The van der Waals surface area contributed by atoms with Gasteiger partial charge in [0, 0.05) is 18.4 Å². The number of hydrogen-bond acceptors (Lipinski definition) is 3. The van der Waals surface area contributed by atoms with E-state index in [1.165, 1.54) is 0 Å². The van der Waals surface area contributed by atoms with Crippen molar-refractivity contribution in [2.45, 2.75) is 74.2 Å². The van der Waals surface area contributed by atoms with Crippen LogP contribution in [0.2, 0.25) is 0 Å². The molecule has 3 rings (SSSR count). The monoisotopic (exact) mass is 517 g/mol. The molecule has 0 saturated heterocycles. The second kappa shape index (κ2) is 7.32. The first-order valence-corrected chi connectivity index (χ1v) is 10.4. The van der Waals surface area contributed by atoms with E-state index < -0.39 is 33.7 Å². The van der Waals surface area contributed by atoms with E-state index in [0.29, 0.717) is 17.1 Å². The van der Waals surface area contributed by atoms with Gasteiger partial charge >= 0.3 is 6.09 Å². The predicted octanol–water partition coefficient (Wildman–Crippen LogP) is 5.82. The zero-order valence-electron chi connectivity index (χ0n) is 16.0. The average Bonchev–Trinajstić information content (AvgIpc) is 2.96. The molecule has 10 heteroatoms. The number of nitrogens with zero attached hydrogens (tertiary/aromatic N) is 2. The fourth-order valence-electron chi connectivity index (χ4n) is 3.48. The second-order valence-corrected chi connectivity index (χ2v) is 10.6. The SMILES string of the molecule is Cc1c([C@](C)(I)CC(C)(F)F)nn(C2CCC2)c1NC(=O)OC[C@@H]1CC1(F)F. The van der Waals surface area contributed by atoms with Crippen LogP contribution >= 0.6 is 22.6 Å². The molecule has 0 bridgehead atoms. The van der Waals surface area contributed by atoms with Crippen molar-refractivity contribution in [3.05, 3.63) is 11.3 Å². The molecule has 2 atom stereocenters. The number of halogens is 5. The highest BCUT2D eigenvalue weighted by Crippen LogP contribution is 2.49. The molecule has 1 aromatic rings. The van der Waals surface area contributed by atoms with Gasteiger partial charge in [0.2, 0.25) is 5.92 Å². The van der Waals surface area contributed by atoms with Crippen LogP contribution in [-0.4, -0.2) is 34.3 Å². The van der Waals surface area contributed by atoms with E-state index in [1.807, 2.05) is 22.6 Å². The topological polar surface area (TPSA) is 56.2 Å². The number of hydrogen-bond donors (Lipinski definition) is 1. The summed E-state index contributed by atoms with van der Waals surface area (Å²) >= 11 is 1.96. The molecule has 0 aliphatic heterocycles. The van der Waals surface area contributed by atoms with Crippen molar-refractivity contribution >= 4 is 34.5 Å². The van der Waals surface area contributed by atoms with Crippen LogP contribution in [0.25, 0.3) is 0 Å². The Balaban J connectivity index is 1.79. The lowest BCUT2D eigenvalue weighted by Crippen LogP contribution is -2.26. The molecule has 158 valence electrons. The van der Waals surface area contributed by atoms with Crippen LogP contribution in [0.15, 0.2) is 0 Å². The predicted molar refractivity (Wildman–Crippen MR) is 104 cm³/mol. The molecule has 2 saturated carbocycles. The maximum atomic E-state index is 13.6. The minimum absolute atomic E-state index is 0.0739. The van der Waals surface area contributed by atoms with Crippen LogP contribution in [0.5, 0.6) is 0 Å². The van der Waals surface area contributed by atoms with Gasteiger partial charge in [-0.3, -0.25) is 5.32 Å². The van der Waals surface area contributed by atoms with E-state index in [9.17, 15) is 22.4 Å². The molecule has 28 heavy (non-hydrogen) atoms. The maximum absolute atomic E-state index is 13.6. The quantitative estimate of drug-likeness (QED) is 0.282. The lowest BCUT2D eigenvalue weighted by Gasteiger charge is -2.28. The summed E-state index contributed by atoms with van der Waals surface area (Å²) in [5.41, 5.74) is 1.06. The zero-order valence-corrected chi connectivity index (χ0v) is 18.2. The number of anilines is 1. The van der Waals surface area contributed by atoms with Crippen LogP contribution in [-0.2, 0) is 8.16 Å². The van der Waals surface area contributed by atoms with Gasteiger partial charge in [-0.2, -0.15) is 5.10 Å². The number of aromatic nitrogens is 2. The Bertz CT molecular complexity index is 757. The van der Waals surface area contributed by atoms with E-state index in [4.69, 9.17) is 4.74 Å². The minimum atomic E-state index is -2.87. The first kappa shape index (κ1) is 21.6. The Labute approximate surface area is 174 Å². The van der Waals surface area contributed by atoms with Gasteiger partial charge in [-0.25, -0.2) is 27.0 Å². The summed E-state index contributed by atoms with van der Waals surface area (Å²) in [5, 5.41) is 7.15. The molecule has 0 aromatic carbocycles. The minimum Gasteiger partial charge on any atom is -0.449 e. The maximum Gasteiger partial charge on any atom is 0.412 e. The number of carbonyl (C=O) groups is 1. The lowest BCUT2D eigenvalue weighted by atomic mass is 9.93. The highest BCUT2D eigenvalue weighted by Gasteiger charge is 2.57. The molecular formula is C18H24F4IN3O2. The van der Waals surface area contributed by atoms with Gasteiger partial charge in [0.15, 0.2) is 0 Å². The Kier molecular flexibility index (Phi) is 5.65. The Morgan fingerprint density at radius 2 is 2.00 bits per heavy atom. The van der Waals surface area contributed by atoms with Gasteiger partial charge in [-0.1, -0.05) is 22.6 Å². The molecule has 0 radical (unpaired) electrons. The van der Waals surface area contributed by atoms with Crippen molar-refractivity contribution in [2.75, 3.05) is 11.9 Å². The fourth-order valence-corrected chi connectivity index (χ4v) is 4.67. The summed E-state index contributed by atoms with van der Waals surface area (Å²) in [5.74, 6) is -6.18. The molecule has 1 N–H and O–H groups in total. The van der Waals surface area contributed by atoms with Crippen LogP contribution in [0.4, 0.5) is 28.2 Å². The van der Waals surface area contributed by atoms with E-state index in [-0.39, 0.29) is 19.1 Å². The lowest BCUT2D eigenvalue weighted by molar-refractivity contribution is 0.00475. The van der Waals surface area contributed by atoms with E-state index in [1.54, 1.807) is 18.5 Å². The van der Waals surface area contributed by atoms with Crippen molar-refractivity contribution in [2.24, 2.45) is 5.92 Å². The molecule has 5 nitrogen and oxygen atoms in total. The number of rotatable bonds is 7. The highest BCUT2D eigenvalue weighted by molar-refractivity contribution is 14.1. The van der Waals surface area contributed by atoms with Crippen molar-refractivity contribution in [1.82, 2.24) is 9.78 Å². The summed E-state index contributed by atoms with van der Waals surface area (Å²) in [6.45, 7) is 3.91. The van der Waals surface area contributed by atoms with Gasteiger partial charge in [-0.05, 0) is 40.0 Å². The van der Waals surface area contributed by atoms with Crippen LogP contribution < -0.4 is 5.32 Å². The smallest absolute Gasteiger partial charge is 0.412 e. The Hall–Kier alpha value is -1.07. The third-order valence-corrected chi connectivity index (χ3v) is 6.19. The summed E-state index contributed by atoms with van der Waals surface area (Å²) in [7, 11) is 0. The van der Waals surface area contributed by atoms with Crippen LogP contribution in [0, 0.1) is 12.8 Å². The van der Waals surface area contributed by atoms with Gasteiger partial charge in [0.25, 0.3) is 5.92 Å². The largest absolute Gasteiger partial charge is 0.449 e. The third-order valence-electron chi connectivity index (χ3n) is 5.30. The second-order valence-electron chi connectivity index (χ2n) is 8.18. The van der Waals surface area contributed by atoms with Crippen molar-refractivity contribution in [1.29, 1.82) is 0 Å². The fraction of sp³-hybridized carbons (Fsp3) is 0.778. The highest BCUT2D eigenvalue weighted by atomic mass is 127. The molecule has 0 unspecified atom stereocenters. The molecule has 2 fully saturated rings. The van der Waals surface area contributed by atoms with Crippen molar-refractivity contribution < 1.29 is 27.1 Å². The van der Waals surface area contributed by atoms with Gasteiger partial charge in [0.1, 0.15) is 12.4 Å². The number of alkyl halides is 5. The molecule has 2 aliphatic carbocycles. The van der Waals surface area contributed by atoms with E-state index in [2.05, 4.69) is 10.4 Å². The van der Waals surface area contributed by atoms with Crippen molar-refractivity contribution in [3.8, 4) is 0 Å². The number of ether oxygens (including phenoxy) is 1. The number of nitrogens with one attached hydrogen (secondary N) is 1. The number of amides is 1. The van der Waals surface area contributed by atoms with Crippen LogP contribution in [0.1, 0.15) is 63.3 Å². The first-order chi connectivity index (χ1) is 12.8. The van der Waals surface area contributed by atoms with Crippen LogP contribution in [0.3, 0.4) is 0 Å². The standard InChI is InChI=1S/C18H24F4IN3O2/c1-10-13(16(2,23)9-17(3,19)20)25-26(12-5-4-6-12)14(10)24-15(27)28-8-11-7-18(11,21)22/h11-12H,4-9H2,1-3H3,(H,24,27)/t11-,16+/m0/s1. The van der Waals surface area contributed by atoms with Gasteiger partial charge in [-0.15, -0.1) is 0 Å². The Morgan fingerprint density at radius 3 is 2.46 bits per heavy atom. The molecule has 0 spiro atoms. The normalized spacial score (nSPS) is 23.6. The van der Waals surface area contributed by atoms with E-state index >= 15 is 0 Å². The van der Waals surface area contributed by atoms with E-state index in [0.717, 1.165) is 26.2 Å². The third kappa shape index (κ3) is 4.73. The molecular weight excluding hydrogens is 493 g/mol. The first-order valence-electron chi connectivity index (χ1n) is 9.28. The van der Waals surface area contributed by atoms with Gasteiger partial charge < -0.3 is 4.74 Å².